The summed E-state index contributed by atoms with van der Waals surface area (Å²) in [6.07, 6.45) is 4.37. The monoisotopic (exact) mass is 251 g/mol. The van der Waals surface area contributed by atoms with E-state index in [1.54, 1.807) is 0 Å². The summed E-state index contributed by atoms with van der Waals surface area (Å²) in [6.45, 7) is 2.66. The van der Waals surface area contributed by atoms with Crippen LogP contribution in [-0.4, -0.2) is 5.91 Å². The standard InChI is InChI=1S/C14H18ClNO/c1-14(8-2-3-9-14)13(17)16-10-11-4-6-12(15)7-5-11/h4-7H,2-3,8-10H2,1H3,(H,16,17). The number of rotatable bonds is 3. The molecule has 1 aromatic carbocycles. The van der Waals surface area contributed by atoms with Crippen molar-refractivity contribution in [2.75, 3.05) is 0 Å². The molecule has 2 rings (SSSR count). The molecule has 1 fully saturated rings. The molecule has 1 aliphatic carbocycles. The van der Waals surface area contributed by atoms with Gasteiger partial charge in [0, 0.05) is 17.0 Å². The van der Waals surface area contributed by atoms with Gasteiger partial charge in [-0.2, -0.15) is 0 Å². The van der Waals surface area contributed by atoms with E-state index < -0.39 is 0 Å². The van der Waals surface area contributed by atoms with Crippen LogP contribution in [-0.2, 0) is 11.3 Å². The Hall–Kier alpha value is -1.02. The lowest BCUT2D eigenvalue weighted by atomic mass is 9.88. The van der Waals surface area contributed by atoms with Gasteiger partial charge < -0.3 is 5.32 Å². The normalized spacial score (nSPS) is 18.0. The van der Waals surface area contributed by atoms with Crippen LogP contribution < -0.4 is 5.32 Å². The largest absolute Gasteiger partial charge is 0.352 e. The van der Waals surface area contributed by atoms with Crippen molar-refractivity contribution >= 4 is 17.5 Å². The second-order valence-corrected chi connectivity index (χ2v) is 5.51. The van der Waals surface area contributed by atoms with E-state index >= 15 is 0 Å². The molecule has 0 bridgehead atoms. The third kappa shape index (κ3) is 3.01. The van der Waals surface area contributed by atoms with Gasteiger partial charge in [0.15, 0.2) is 0 Å². The molecule has 1 N–H and O–H groups in total. The van der Waals surface area contributed by atoms with Crippen molar-refractivity contribution in [3.63, 3.8) is 0 Å². The summed E-state index contributed by atoms with van der Waals surface area (Å²) in [6, 6.07) is 7.58. The highest BCUT2D eigenvalue weighted by molar-refractivity contribution is 6.30. The lowest BCUT2D eigenvalue weighted by molar-refractivity contribution is -0.130. The number of halogens is 1. The first-order chi connectivity index (χ1) is 8.10. The Bertz CT molecular complexity index is 393. The molecule has 0 atom stereocenters. The Morgan fingerprint density at radius 1 is 1.29 bits per heavy atom. The maximum Gasteiger partial charge on any atom is 0.226 e. The number of nitrogens with one attached hydrogen (secondary N) is 1. The zero-order valence-corrected chi connectivity index (χ0v) is 10.9. The Kier molecular flexibility index (Phi) is 3.72. The van der Waals surface area contributed by atoms with Crippen molar-refractivity contribution in [3.05, 3.63) is 34.9 Å². The molecule has 92 valence electrons. The van der Waals surface area contributed by atoms with Crippen molar-refractivity contribution in [3.8, 4) is 0 Å². The van der Waals surface area contributed by atoms with E-state index in [0.29, 0.717) is 6.54 Å². The lowest BCUT2D eigenvalue weighted by Crippen LogP contribution is -2.36. The Morgan fingerprint density at radius 3 is 2.47 bits per heavy atom. The summed E-state index contributed by atoms with van der Waals surface area (Å²) < 4.78 is 0. The molecule has 0 spiro atoms. The van der Waals surface area contributed by atoms with Gasteiger partial charge >= 0.3 is 0 Å². The van der Waals surface area contributed by atoms with Gasteiger partial charge in [-0.05, 0) is 30.5 Å². The number of amides is 1. The fourth-order valence-electron chi connectivity index (χ4n) is 2.38. The van der Waals surface area contributed by atoms with Crippen LogP contribution in [0.15, 0.2) is 24.3 Å². The van der Waals surface area contributed by atoms with Crippen LogP contribution in [0.25, 0.3) is 0 Å². The van der Waals surface area contributed by atoms with Crippen molar-refractivity contribution in [2.24, 2.45) is 5.41 Å². The van der Waals surface area contributed by atoms with Crippen LogP contribution >= 0.6 is 11.6 Å². The number of hydrogen-bond acceptors (Lipinski definition) is 1. The zero-order chi connectivity index (χ0) is 12.3. The van der Waals surface area contributed by atoms with Crippen molar-refractivity contribution < 1.29 is 4.79 Å². The third-order valence-corrected chi connectivity index (χ3v) is 3.87. The van der Waals surface area contributed by atoms with E-state index in [2.05, 4.69) is 12.2 Å². The van der Waals surface area contributed by atoms with E-state index in [1.807, 2.05) is 24.3 Å². The fraction of sp³-hybridized carbons (Fsp3) is 0.500. The predicted octanol–water partition coefficient (Wildman–Crippen LogP) is 3.54. The Balaban J connectivity index is 1.89. The number of hydrogen-bond donors (Lipinski definition) is 1. The van der Waals surface area contributed by atoms with Gasteiger partial charge in [-0.3, -0.25) is 4.79 Å². The van der Waals surface area contributed by atoms with Crippen LogP contribution in [0.4, 0.5) is 0 Å². The molecule has 0 aliphatic heterocycles. The predicted molar refractivity (Wildman–Crippen MR) is 69.9 cm³/mol. The topological polar surface area (TPSA) is 29.1 Å². The van der Waals surface area contributed by atoms with Crippen molar-refractivity contribution in [1.82, 2.24) is 5.32 Å². The molecule has 0 aromatic heterocycles. The summed E-state index contributed by atoms with van der Waals surface area (Å²) in [7, 11) is 0. The SMILES string of the molecule is CC1(C(=O)NCc2ccc(Cl)cc2)CCCC1. The molecular weight excluding hydrogens is 234 g/mol. The highest BCUT2D eigenvalue weighted by atomic mass is 35.5. The molecule has 1 aromatic rings. The first-order valence-corrected chi connectivity index (χ1v) is 6.51. The number of benzene rings is 1. The van der Waals surface area contributed by atoms with E-state index in [9.17, 15) is 4.79 Å². The van der Waals surface area contributed by atoms with Gasteiger partial charge in [0.25, 0.3) is 0 Å². The third-order valence-electron chi connectivity index (χ3n) is 3.62. The number of carbonyl (C=O) groups excluding carboxylic acids is 1. The van der Waals surface area contributed by atoms with Crippen LogP contribution in [0.5, 0.6) is 0 Å². The van der Waals surface area contributed by atoms with Crippen LogP contribution in [0, 0.1) is 5.41 Å². The number of carbonyl (C=O) groups is 1. The van der Waals surface area contributed by atoms with Gasteiger partial charge in [0.1, 0.15) is 0 Å². The highest BCUT2D eigenvalue weighted by Gasteiger charge is 2.35. The minimum Gasteiger partial charge on any atom is -0.352 e. The van der Waals surface area contributed by atoms with Gasteiger partial charge in [0.05, 0.1) is 0 Å². The summed E-state index contributed by atoms with van der Waals surface area (Å²) in [5.41, 5.74) is 0.941. The van der Waals surface area contributed by atoms with Crippen LogP contribution in [0.3, 0.4) is 0 Å². The molecule has 0 unspecified atom stereocenters. The smallest absolute Gasteiger partial charge is 0.226 e. The zero-order valence-electron chi connectivity index (χ0n) is 10.1. The molecule has 1 saturated carbocycles. The van der Waals surface area contributed by atoms with Gasteiger partial charge in [-0.25, -0.2) is 0 Å². The molecule has 0 saturated heterocycles. The average molecular weight is 252 g/mol. The molecule has 17 heavy (non-hydrogen) atoms. The van der Waals surface area contributed by atoms with Crippen LogP contribution in [0.1, 0.15) is 38.2 Å². The van der Waals surface area contributed by atoms with Crippen molar-refractivity contribution in [2.45, 2.75) is 39.2 Å². The van der Waals surface area contributed by atoms with Crippen LogP contribution in [0.2, 0.25) is 5.02 Å². The molecule has 3 heteroatoms. The quantitative estimate of drug-likeness (QED) is 0.875. The highest BCUT2D eigenvalue weighted by Crippen LogP contribution is 2.37. The van der Waals surface area contributed by atoms with E-state index in [0.717, 1.165) is 23.4 Å². The molecular formula is C14H18ClNO. The minimum atomic E-state index is -0.146. The van der Waals surface area contributed by atoms with Gasteiger partial charge in [-0.15, -0.1) is 0 Å². The van der Waals surface area contributed by atoms with Gasteiger partial charge in [0.2, 0.25) is 5.91 Å². The minimum absolute atomic E-state index is 0.146. The summed E-state index contributed by atoms with van der Waals surface area (Å²) in [4.78, 5) is 12.1. The second kappa shape index (κ2) is 5.09. The molecule has 0 radical (unpaired) electrons. The molecule has 0 heterocycles. The lowest BCUT2D eigenvalue weighted by Gasteiger charge is -2.22. The average Bonchev–Trinajstić information content (AvgIpc) is 2.76. The maximum absolute atomic E-state index is 12.1. The van der Waals surface area contributed by atoms with E-state index in [-0.39, 0.29) is 11.3 Å². The Labute approximate surface area is 107 Å². The summed E-state index contributed by atoms with van der Waals surface area (Å²) in [5, 5.41) is 3.74. The van der Waals surface area contributed by atoms with Crippen molar-refractivity contribution in [1.29, 1.82) is 0 Å². The molecule has 1 amide bonds. The maximum atomic E-state index is 12.1. The summed E-state index contributed by atoms with van der Waals surface area (Å²) in [5.74, 6) is 0.185. The van der Waals surface area contributed by atoms with E-state index in [4.69, 9.17) is 11.6 Å². The molecule has 2 nitrogen and oxygen atoms in total. The summed E-state index contributed by atoms with van der Waals surface area (Å²) >= 11 is 5.81. The Morgan fingerprint density at radius 2 is 1.88 bits per heavy atom. The first kappa shape index (κ1) is 12.4. The fourth-order valence-corrected chi connectivity index (χ4v) is 2.51. The first-order valence-electron chi connectivity index (χ1n) is 6.13. The second-order valence-electron chi connectivity index (χ2n) is 5.08. The molecule has 1 aliphatic rings. The van der Waals surface area contributed by atoms with Gasteiger partial charge in [-0.1, -0.05) is 43.5 Å². The van der Waals surface area contributed by atoms with E-state index in [1.165, 1.54) is 12.8 Å².